The van der Waals surface area contributed by atoms with Crippen molar-refractivity contribution in [2.24, 2.45) is 7.05 Å². The lowest BCUT2D eigenvalue weighted by atomic mass is 10.1. The van der Waals surface area contributed by atoms with E-state index in [2.05, 4.69) is 48.3 Å². The Balaban J connectivity index is 1.18. The standard InChI is InChI=1S/C24H25N7O/c1-29-17-18(20-6-2-3-7-21(20)29)15-24(32)31-13-11-30(12-14-31)23-9-8-22(27-28-23)26-19-5-4-10-25-16-19/h2-10,16-17H,11-15H2,1H3,(H,26,27). The number of carbonyl (C=O) groups excluding carboxylic acids is 1. The van der Waals surface area contributed by atoms with Crippen LogP contribution in [0.15, 0.2) is 67.1 Å². The Morgan fingerprint density at radius 2 is 1.84 bits per heavy atom. The molecule has 1 aliphatic rings. The number of hydrogen-bond donors (Lipinski definition) is 1. The molecule has 0 unspecified atom stereocenters. The van der Waals surface area contributed by atoms with Crippen molar-refractivity contribution in [3.8, 4) is 0 Å². The molecule has 1 fully saturated rings. The summed E-state index contributed by atoms with van der Waals surface area (Å²) < 4.78 is 2.08. The number of nitrogens with one attached hydrogen (secondary N) is 1. The van der Waals surface area contributed by atoms with Crippen molar-refractivity contribution in [3.63, 3.8) is 0 Å². The molecule has 1 N–H and O–H groups in total. The average Bonchev–Trinajstić information content (AvgIpc) is 3.16. The summed E-state index contributed by atoms with van der Waals surface area (Å²) in [6.07, 6.45) is 5.96. The highest BCUT2D eigenvalue weighted by Crippen LogP contribution is 2.22. The number of para-hydroxylation sites is 1. The quantitative estimate of drug-likeness (QED) is 0.528. The van der Waals surface area contributed by atoms with E-state index in [9.17, 15) is 4.79 Å². The second kappa shape index (κ2) is 8.66. The molecule has 0 aliphatic carbocycles. The molecule has 0 saturated carbocycles. The molecule has 0 radical (unpaired) electrons. The normalized spacial score (nSPS) is 14.0. The molecule has 0 atom stereocenters. The van der Waals surface area contributed by atoms with Crippen LogP contribution >= 0.6 is 0 Å². The Morgan fingerprint density at radius 1 is 1.00 bits per heavy atom. The summed E-state index contributed by atoms with van der Waals surface area (Å²) in [7, 11) is 2.02. The molecule has 4 aromatic rings. The first-order valence-electron chi connectivity index (χ1n) is 10.7. The molecule has 1 aliphatic heterocycles. The Hall–Kier alpha value is -3.94. The van der Waals surface area contributed by atoms with Crippen LogP contribution in [0.25, 0.3) is 10.9 Å². The monoisotopic (exact) mass is 427 g/mol. The van der Waals surface area contributed by atoms with E-state index in [0.29, 0.717) is 25.3 Å². The maximum atomic E-state index is 12.9. The molecule has 8 nitrogen and oxygen atoms in total. The van der Waals surface area contributed by atoms with Crippen molar-refractivity contribution in [3.05, 3.63) is 72.7 Å². The summed E-state index contributed by atoms with van der Waals surface area (Å²) in [4.78, 5) is 21.1. The topological polar surface area (TPSA) is 79.2 Å². The van der Waals surface area contributed by atoms with Gasteiger partial charge in [0.15, 0.2) is 11.6 Å². The third kappa shape index (κ3) is 4.12. The molecule has 1 saturated heterocycles. The van der Waals surface area contributed by atoms with Gasteiger partial charge in [-0.05, 0) is 35.9 Å². The summed E-state index contributed by atoms with van der Waals surface area (Å²) in [5.41, 5.74) is 3.10. The lowest BCUT2D eigenvalue weighted by molar-refractivity contribution is -0.130. The number of rotatable bonds is 5. The number of amides is 1. The summed E-state index contributed by atoms with van der Waals surface area (Å²) >= 11 is 0. The number of hydrogen-bond acceptors (Lipinski definition) is 6. The van der Waals surface area contributed by atoms with E-state index in [0.717, 1.165) is 41.1 Å². The molecular weight excluding hydrogens is 402 g/mol. The van der Waals surface area contributed by atoms with Gasteiger partial charge in [0.25, 0.3) is 0 Å². The van der Waals surface area contributed by atoms with E-state index < -0.39 is 0 Å². The van der Waals surface area contributed by atoms with Gasteiger partial charge in [-0.15, -0.1) is 10.2 Å². The van der Waals surface area contributed by atoms with Gasteiger partial charge in [0, 0.05) is 56.5 Å². The summed E-state index contributed by atoms with van der Waals surface area (Å²) in [5, 5.41) is 13.0. The summed E-state index contributed by atoms with van der Waals surface area (Å²) in [5.74, 6) is 1.66. The second-order valence-corrected chi connectivity index (χ2v) is 7.97. The molecule has 0 spiro atoms. The number of carbonyl (C=O) groups is 1. The van der Waals surface area contributed by atoms with Crippen molar-refractivity contribution in [2.45, 2.75) is 6.42 Å². The fourth-order valence-electron chi connectivity index (χ4n) is 4.17. The van der Waals surface area contributed by atoms with E-state index in [4.69, 9.17) is 0 Å². The molecule has 1 amide bonds. The van der Waals surface area contributed by atoms with Crippen molar-refractivity contribution >= 4 is 34.1 Å². The Morgan fingerprint density at radius 3 is 2.59 bits per heavy atom. The van der Waals surface area contributed by atoms with Gasteiger partial charge in [-0.1, -0.05) is 18.2 Å². The number of benzene rings is 1. The third-order valence-electron chi connectivity index (χ3n) is 5.86. The molecule has 0 bridgehead atoms. The predicted octanol–water partition coefficient (Wildman–Crippen LogP) is 3.00. The van der Waals surface area contributed by atoms with Crippen LogP contribution in [0.3, 0.4) is 0 Å². The predicted molar refractivity (Wildman–Crippen MR) is 125 cm³/mol. The first kappa shape index (κ1) is 20.0. The van der Waals surface area contributed by atoms with Crippen LogP contribution in [-0.2, 0) is 18.3 Å². The van der Waals surface area contributed by atoms with Crippen LogP contribution in [0.2, 0.25) is 0 Å². The molecule has 162 valence electrons. The SMILES string of the molecule is Cn1cc(CC(=O)N2CCN(c3ccc(Nc4cccnc4)nn3)CC2)c2ccccc21. The van der Waals surface area contributed by atoms with Crippen molar-refractivity contribution < 1.29 is 4.79 Å². The van der Waals surface area contributed by atoms with Crippen molar-refractivity contribution in [2.75, 3.05) is 36.4 Å². The number of fused-ring (bicyclic) bond motifs is 1. The van der Waals surface area contributed by atoms with Gasteiger partial charge in [-0.3, -0.25) is 9.78 Å². The molecule has 32 heavy (non-hydrogen) atoms. The molecular formula is C24H25N7O. The molecule has 3 aromatic heterocycles. The summed E-state index contributed by atoms with van der Waals surface area (Å²) in [6.45, 7) is 2.85. The zero-order valence-corrected chi connectivity index (χ0v) is 18.0. The van der Waals surface area contributed by atoms with E-state index in [1.807, 2.05) is 48.3 Å². The van der Waals surface area contributed by atoms with Crippen LogP contribution in [-0.4, -0.2) is 56.7 Å². The molecule has 4 heterocycles. The highest BCUT2D eigenvalue weighted by Gasteiger charge is 2.23. The van der Waals surface area contributed by atoms with E-state index in [-0.39, 0.29) is 5.91 Å². The zero-order valence-electron chi connectivity index (χ0n) is 18.0. The average molecular weight is 428 g/mol. The van der Waals surface area contributed by atoms with Crippen LogP contribution in [0.4, 0.5) is 17.3 Å². The maximum Gasteiger partial charge on any atom is 0.227 e. The third-order valence-corrected chi connectivity index (χ3v) is 5.86. The van der Waals surface area contributed by atoms with Crippen molar-refractivity contribution in [1.82, 2.24) is 24.6 Å². The largest absolute Gasteiger partial charge is 0.352 e. The minimum Gasteiger partial charge on any atom is -0.352 e. The lowest BCUT2D eigenvalue weighted by Gasteiger charge is -2.35. The fourth-order valence-corrected chi connectivity index (χ4v) is 4.17. The van der Waals surface area contributed by atoms with Gasteiger partial charge in [0.05, 0.1) is 18.3 Å². The second-order valence-electron chi connectivity index (χ2n) is 7.97. The van der Waals surface area contributed by atoms with Gasteiger partial charge in [-0.2, -0.15) is 0 Å². The number of nitrogens with zero attached hydrogens (tertiary/aromatic N) is 6. The molecule has 5 rings (SSSR count). The van der Waals surface area contributed by atoms with Crippen LogP contribution < -0.4 is 10.2 Å². The smallest absolute Gasteiger partial charge is 0.227 e. The van der Waals surface area contributed by atoms with Gasteiger partial charge in [0.1, 0.15) is 0 Å². The van der Waals surface area contributed by atoms with Gasteiger partial charge >= 0.3 is 0 Å². The van der Waals surface area contributed by atoms with Crippen LogP contribution in [0, 0.1) is 0 Å². The minimum atomic E-state index is 0.170. The highest BCUT2D eigenvalue weighted by atomic mass is 16.2. The fraction of sp³-hybridized carbons (Fsp3) is 0.250. The van der Waals surface area contributed by atoms with Crippen LogP contribution in [0.5, 0.6) is 0 Å². The van der Waals surface area contributed by atoms with Crippen LogP contribution in [0.1, 0.15) is 5.56 Å². The van der Waals surface area contributed by atoms with E-state index in [1.165, 1.54) is 0 Å². The van der Waals surface area contributed by atoms with Crippen molar-refractivity contribution in [1.29, 1.82) is 0 Å². The molecule has 8 heteroatoms. The Bertz CT molecular complexity index is 1210. The van der Waals surface area contributed by atoms with E-state index in [1.54, 1.807) is 12.4 Å². The lowest BCUT2D eigenvalue weighted by Crippen LogP contribution is -2.49. The maximum absolute atomic E-state index is 12.9. The number of piperazine rings is 1. The first-order valence-corrected chi connectivity index (χ1v) is 10.7. The van der Waals surface area contributed by atoms with E-state index >= 15 is 0 Å². The zero-order chi connectivity index (χ0) is 21.9. The van der Waals surface area contributed by atoms with Gasteiger partial charge in [-0.25, -0.2) is 0 Å². The minimum absolute atomic E-state index is 0.170. The highest BCUT2D eigenvalue weighted by molar-refractivity contribution is 5.89. The Kier molecular flexibility index (Phi) is 5.41. The molecule has 1 aromatic carbocycles. The Labute approximate surface area is 186 Å². The van der Waals surface area contributed by atoms with Gasteiger partial charge < -0.3 is 19.7 Å². The number of aromatic nitrogens is 4. The first-order chi connectivity index (χ1) is 15.7. The number of aryl methyl sites for hydroxylation is 1. The number of pyridine rings is 1. The number of anilines is 3. The van der Waals surface area contributed by atoms with Gasteiger partial charge in [0.2, 0.25) is 5.91 Å². The summed E-state index contributed by atoms with van der Waals surface area (Å²) in [6, 6.07) is 15.9.